The molecule has 2 unspecified atom stereocenters. The third-order valence-corrected chi connectivity index (χ3v) is 9.70. The molecule has 4 amide bonds. The zero-order valence-electron chi connectivity index (χ0n) is 29.1. The Morgan fingerprint density at radius 1 is 0.980 bits per heavy atom. The summed E-state index contributed by atoms with van der Waals surface area (Å²) in [4.78, 5) is 61.2. The Balaban J connectivity index is 0.00000179. The van der Waals surface area contributed by atoms with Gasteiger partial charge in [0.25, 0.3) is 11.8 Å². The van der Waals surface area contributed by atoms with Gasteiger partial charge in [-0.3, -0.25) is 19.2 Å². The van der Waals surface area contributed by atoms with E-state index in [1.54, 1.807) is 37.1 Å². The van der Waals surface area contributed by atoms with E-state index < -0.39 is 24.2 Å². The van der Waals surface area contributed by atoms with Crippen LogP contribution in [0.3, 0.4) is 0 Å². The Morgan fingerprint density at radius 3 is 2.24 bits per heavy atom. The Hall–Kier alpha value is -4.44. The zero-order chi connectivity index (χ0) is 36.3. The second-order valence-electron chi connectivity index (χ2n) is 12.8. The molecule has 0 radical (unpaired) electrons. The number of carbonyl (C=O) groups excluding carboxylic acids is 4. The van der Waals surface area contributed by atoms with E-state index in [2.05, 4.69) is 21.0 Å². The van der Waals surface area contributed by atoms with Crippen molar-refractivity contribution in [2.75, 3.05) is 58.2 Å². The first-order valence-corrected chi connectivity index (χ1v) is 17.1. The maximum atomic E-state index is 14.1. The molecule has 0 saturated carbocycles. The minimum Gasteiger partial charge on any atom is -0.344 e. The van der Waals surface area contributed by atoms with Gasteiger partial charge in [0.2, 0.25) is 11.8 Å². The van der Waals surface area contributed by atoms with Gasteiger partial charge in [-0.1, -0.05) is 13.8 Å². The van der Waals surface area contributed by atoms with Crippen molar-refractivity contribution in [1.29, 1.82) is 0 Å². The molecule has 276 valence electrons. The number of hydrogen-bond donors (Lipinski definition) is 3. The van der Waals surface area contributed by atoms with E-state index in [9.17, 15) is 32.3 Å². The lowest BCUT2D eigenvalue weighted by Gasteiger charge is -2.37. The quantitative estimate of drug-likeness (QED) is 0.418. The molecule has 50 heavy (non-hydrogen) atoms. The Kier molecular flexibility index (Phi) is 11.2. The van der Waals surface area contributed by atoms with Crippen LogP contribution in [0.4, 0.5) is 18.9 Å². The molecule has 2 aromatic rings. The number of aryl methyl sites for hydroxylation is 1. The largest absolute Gasteiger partial charge is 0.409 e. The number of benzene rings is 1. The molecule has 0 spiro atoms. The van der Waals surface area contributed by atoms with Crippen molar-refractivity contribution < 1.29 is 35.2 Å². The number of piperidine rings is 1. The lowest BCUT2D eigenvalue weighted by atomic mass is 9.96. The van der Waals surface area contributed by atoms with Crippen molar-refractivity contribution in [2.45, 2.75) is 58.3 Å². The number of hydrogen-bond acceptors (Lipinski definition) is 8. The van der Waals surface area contributed by atoms with Crippen molar-refractivity contribution in [1.82, 2.24) is 40.0 Å². The van der Waals surface area contributed by atoms with Crippen LogP contribution in [0.1, 0.15) is 68.2 Å². The minimum atomic E-state index is -4.67. The number of hydrazine groups is 1. The van der Waals surface area contributed by atoms with E-state index >= 15 is 0 Å². The van der Waals surface area contributed by atoms with Crippen LogP contribution >= 0.6 is 0 Å². The van der Waals surface area contributed by atoms with E-state index in [4.69, 9.17) is 0 Å². The normalized spacial score (nSPS) is 21.6. The molecule has 4 aliphatic heterocycles. The summed E-state index contributed by atoms with van der Waals surface area (Å²) in [7, 11) is 3.06. The number of carbonyl (C=O) groups is 4. The van der Waals surface area contributed by atoms with Gasteiger partial charge in [-0.05, 0) is 63.0 Å². The van der Waals surface area contributed by atoms with E-state index in [0.29, 0.717) is 56.0 Å². The average Bonchev–Trinajstić information content (AvgIpc) is 3.82. The number of anilines is 1. The number of amides is 4. The molecule has 1 aromatic heterocycles. The standard InChI is InChI=1S/C32H40F3N9O4.C2H6.2H2/c1-19-16-21(4-5-22(19)30(47)43-14-12-42(13-15-43)29(46)20-6-9-36-10-7-20)38-28(45)27-37-17-25(41(27)3)23-18-44(39-26(23)32(33,34)35)24-8-11-40(2)31(24)48;1-2;;/h4-5,16-18,20,24,26,36,39H,6-15H2,1-3H3,(H,38,45);1-2H3;2*1H. The predicted octanol–water partition coefficient (Wildman–Crippen LogP) is 3.11. The lowest BCUT2D eigenvalue weighted by Crippen LogP contribution is -2.52. The number of imidazole rings is 1. The van der Waals surface area contributed by atoms with Gasteiger partial charge < -0.3 is 34.9 Å². The van der Waals surface area contributed by atoms with Gasteiger partial charge >= 0.3 is 6.18 Å². The molecule has 4 aliphatic rings. The summed E-state index contributed by atoms with van der Waals surface area (Å²) in [6.45, 7) is 9.71. The van der Waals surface area contributed by atoms with Gasteiger partial charge in [0.1, 0.15) is 6.04 Å². The third kappa shape index (κ3) is 7.50. The second kappa shape index (κ2) is 15.2. The summed E-state index contributed by atoms with van der Waals surface area (Å²) in [6, 6.07) is 2.01. The second-order valence-corrected chi connectivity index (χ2v) is 12.8. The molecule has 3 fully saturated rings. The molecule has 5 heterocycles. The number of piperazine rings is 1. The van der Waals surface area contributed by atoms with E-state index in [1.807, 2.05) is 18.7 Å². The molecular formula is C34H50F3N9O4. The number of halogens is 3. The fourth-order valence-corrected chi connectivity index (χ4v) is 6.87. The number of aromatic nitrogens is 2. The van der Waals surface area contributed by atoms with Crippen LogP contribution in [0.25, 0.3) is 5.57 Å². The van der Waals surface area contributed by atoms with Crippen LogP contribution in [0.15, 0.2) is 30.6 Å². The molecule has 0 bridgehead atoms. The van der Waals surface area contributed by atoms with Crippen LogP contribution in [-0.4, -0.2) is 124 Å². The minimum absolute atomic E-state index is 0. The summed E-state index contributed by atoms with van der Waals surface area (Å²) in [5.41, 5.74) is 3.83. The number of rotatable bonds is 6. The summed E-state index contributed by atoms with van der Waals surface area (Å²) in [6.07, 6.45) is -0.166. The van der Waals surface area contributed by atoms with Crippen LogP contribution < -0.4 is 16.1 Å². The first-order chi connectivity index (χ1) is 23.8. The lowest BCUT2D eigenvalue weighted by molar-refractivity contribution is -0.151. The number of likely N-dealkylation sites (N-methyl/N-ethyl adjacent to an activating group) is 1. The summed E-state index contributed by atoms with van der Waals surface area (Å²) < 4.78 is 43.6. The van der Waals surface area contributed by atoms with Gasteiger partial charge in [0.15, 0.2) is 11.9 Å². The highest BCUT2D eigenvalue weighted by Crippen LogP contribution is 2.36. The predicted molar refractivity (Wildman–Crippen MR) is 185 cm³/mol. The molecule has 13 nitrogen and oxygen atoms in total. The first kappa shape index (κ1) is 36.8. The Bertz CT molecular complexity index is 1640. The van der Waals surface area contributed by atoms with Gasteiger partial charge in [0.05, 0.1) is 11.9 Å². The molecule has 6 rings (SSSR count). The van der Waals surface area contributed by atoms with Crippen LogP contribution in [-0.2, 0) is 16.6 Å². The molecule has 3 N–H and O–H groups in total. The topological polar surface area (TPSA) is 135 Å². The van der Waals surface area contributed by atoms with Crippen molar-refractivity contribution in [2.24, 2.45) is 13.0 Å². The first-order valence-electron chi connectivity index (χ1n) is 17.1. The zero-order valence-corrected chi connectivity index (χ0v) is 29.1. The van der Waals surface area contributed by atoms with Crippen molar-refractivity contribution in [3.8, 4) is 0 Å². The highest BCUT2D eigenvalue weighted by atomic mass is 19.4. The SMILES string of the molecule is CC.Cc1cc(NC(=O)c2ncc(C3=CN(C4CCN(C)C4=O)NC3C(F)(F)F)n2C)ccc1C(=O)N1CCN(C(=O)C2CCNCC2)CC1.[HH].[HH]. The maximum Gasteiger partial charge on any atom is 0.409 e. The number of nitrogens with one attached hydrogen (secondary N) is 3. The van der Waals surface area contributed by atoms with Gasteiger partial charge in [0, 0.05) is 78.6 Å². The van der Waals surface area contributed by atoms with Gasteiger partial charge in [-0.15, -0.1) is 0 Å². The molecule has 1 aromatic carbocycles. The Labute approximate surface area is 292 Å². The number of alkyl halides is 3. The molecule has 3 saturated heterocycles. The highest BCUT2D eigenvalue weighted by molar-refractivity contribution is 6.03. The smallest absolute Gasteiger partial charge is 0.344 e. The Morgan fingerprint density at radius 2 is 1.64 bits per heavy atom. The van der Waals surface area contributed by atoms with Gasteiger partial charge in [-0.2, -0.15) is 13.2 Å². The number of likely N-dealkylation sites (tertiary alicyclic amines) is 1. The summed E-state index contributed by atoms with van der Waals surface area (Å²) in [5.74, 6) is -1.01. The van der Waals surface area contributed by atoms with Crippen LogP contribution in [0.2, 0.25) is 0 Å². The molecule has 0 aliphatic carbocycles. The van der Waals surface area contributed by atoms with Gasteiger partial charge in [-0.25, -0.2) is 10.4 Å². The van der Waals surface area contributed by atoms with Crippen LogP contribution in [0.5, 0.6) is 0 Å². The van der Waals surface area contributed by atoms with E-state index in [1.165, 1.54) is 33.9 Å². The van der Waals surface area contributed by atoms with Crippen molar-refractivity contribution >= 4 is 34.9 Å². The fourth-order valence-electron chi connectivity index (χ4n) is 6.87. The van der Waals surface area contributed by atoms with Crippen molar-refractivity contribution in [3.63, 3.8) is 0 Å². The third-order valence-electron chi connectivity index (χ3n) is 9.70. The van der Waals surface area contributed by atoms with E-state index in [-0.39, 0.29) is 43.6 Å². The highest BCUT2D eigenvalue weighted by Gasteiger charge is 2.49. The molecular weight excluding hydrogens is 655 g/mol. The summed E-state index contributed by atoms with van der Waals surface area (Å²) >= 11 is 0. The van der Waals surface area contributed by atoms with Crippen molar-refractivity contribution in [3.05, 3.63) is 53.2 Å². The average molecular weight is 706 g/mol. The monoisotopic (exact) mass is 705 g/mol. The molecule has 2 atom stereocenters. The fraction of sp³-hybridized carbons (Fsp3) is 0.559. The van der Waals surface area contributed by atoms with E-state index in [0.717, 1.165) is 25.9 Å². The number of nitrogens with zero attached hydrogens (tertiary/aromatic N) is 6. The maximum absolute atomic E-state index is 14.1. The van der Waals surface area contributed by atoms with Crippen LogP contribution in [0, 0.1) is 12.8 Å². The molecule has 16 heteroatoms. The summed E-state index contributed by atoms with van der Waals surface area (Å²) in [5, 5.41) is 7.20.